The zero-order valence-corrected chi connectivity index (χ0v) is 13.7. The van der Waals surface area contributed by atoms with E-state index in [0.29, 0.717) is 22.8 Å². The predicted octanol–water partition coefficient (Wildman–Crippen LogP) is 4.03. The summed E-state index contributed by atoms with van der Waals surface area (Å²) in [4.78, 5) is 19.7. The first-order valence-electron chi connectivity index (χ1n) is 7.55. The molecule has 0 bridgehead atoms. The molecule has 2 aromatic carbocycles. The molecule has 1 heterocycles. The number of anilines is 4. The Morgan fingerprint density at radius 2 is 1.69 bits per heavy atom. The quantitative estimate of drug-likeness (QED) is 0.672. The minimum atomic E-state index is -0.963. The Morgan fingerprint density at radius 1 is 0.962 bits per heavy atom. The van der Waals surface area contributed by atoms with Gasteiger partial charge in [0.05, 0.1) is 12.7 Å². The highest BCUT2D eigenvalue weighted by Gasteiger charge is 2.07. The molecule has 0 aliphatic rings. The van der Waals surface area contributed by atoms with E-state index in [2.05, 4.69) is 25.3 Å². The van der Waals surface area contributed by atoms with Crippen molar-refractivity contribution in [3.8, 4) is 0 Å². The van der Waals surface area contributed by atoms with Crippen molar-refractivity contribution in [2.75, 3.05) is 17.7 Å². The Labute approximate surface area is 147 Å². The minimum absolute atomic E-state index is 0.215. The van der Waals surface area contributed by atoms with Gasteiger partial charge in [-0.1, -0.05) is 0 Å². The molecule has 0 amide bonds. The molecule has 0 saturated carbocycles. The van der Waals surface area contributed by atoms with Crippen molar-refractivity contribution >= 4 is 29.1 Å². The number of rotatable bonds is 5. The molecule has 0 aliphatic heterocycles. The van der Waals surface area contributed by atoms with Crippen LogP contribution in [-0.2, 0) is 4.74 Å². The van der Waals surface area contributed by atoms with Gasteiger partial charge in [-0.2, -0.15) is 4.98 Å². The summed E-state index contributed by atoms with van der Waals surface area (Å²) in [5.74, 6) is -1.61. The number of esters is 1. The van der Waals surface area contributed by atoms with Crippen LogP contribution in [0.15, 0.2) is 54.7 Å². The topological polar surface area (TPSA) is 76.1 Å². The van der Waals surface area contributed by atoms with Crippen molar-refractivity contribution in [1.82, 2.24) is 9.97 Å². The number of hydrogen-bond acceptors (Lipinski definition) is 6. The molecule has 2 N–H and O–H groups in total. The molecule has 0 radical (unpaired) electrons. The van der Waals surface area contributed by atoms with Crippen LogP contribution in [0, 0.1) is 11.6 Å². The van der Waals surface area contributed by atoms with Crippen LogP contribution in [0.1, 0.15) is 10.4 Å². The lowest BCUT2D eigenvalue weighted by molar-refractivity contribution is 0.0601. The number of halogens is 2. The first-order valence-corrected chi connectivity index (χ1v) is 7.55. The Balaban J connectivity index is 1.72. The number of carbonyl (C=O) groups is 1. The molecular weight excluding hydrogens is 342 g/mol. The molecule has 0 saturated heterocycles. The van der Waals surface area contributed by atoms with Gasteiger partial charge in [0, 0.05) is 23.6 Å². The van der Waals surface area contributed by atoms with E-state index in [9.17, 15) is 13.6 Å². The predicted molar refractivity (Wildman–Crippen MR) is 92.7 cm³/mol. The summed E-state index contributed by atoms with van der Waals surface area (Å²) in [5.41, 5.74) is 1.46. The second-order valence-electron chi connectivity index (χ2n) is 5.21. The van der Waals surface area contributed by atoms with E-state index >= 15 is 0 Å². The third-order valence-electron chi connectivity index (χ3n) is 3.41. The summed E-state index contributed by atoms with van der Waals surface area (Å²) in [6, 6.07) is 11.7. The highest BCUT2D eigenvalue weighted by atomic mass is 19.2. The fourth-order valence-corrected chi connectivity index (χ4v) is 2.15. The number of benzene rings is 2. The molecule has 6 nitrogen and oxygen atoms in total. The van der Waals surface area contributed by atoms with E-state index in [1.165, 1.54) is 19.4 Å². The summed E-state index contributed by atoms with van der Waals surface area (Å²) >= 11 is 0. The smallest absolute Gasteiger partial charge is 0.337 e. The number of methoxy groups -OCH3 is 1. The second-order valence-corrected chi connectivity index (χ2v) is 5.21. The summed E-state index contributed by atoms with van der Waals surface area (Å²) in [7, 11) is 1.32. The minimum Gasteiger partial charge on any atom is -0.465 e. The van der Waals surface area contributed by atoms with Gasteiger partial charge in [0.2, 0.25) is 5.95 Å². The van der Waals surface area contributed by atoms with Crippen molar-refractivity contribution in [2.24, 2.45) is 0 Å². The van der Waals surface area contributed by atoms with Crippen LogP contribution in [0.2, 0.25) is 0 Å². The van der Waals surface area contributed by atoms with Gasteiger partial charge in [0.25, 0.3) is 0 Å². The van der Waals surface area contributed by atoms with Crippen LogP contribution >= 0.6 is 0 Å². The van der Waals surface area contributed by atoms with E-state index < -0.39 is 17.6 Å². The van der Waals surface area contributed by atoms with Gasteiger partial charge in [-0.05, 0) is 42.5 Å². The molecule has 0 spiro atoms. The van der Waals surface area contributed by atoms with Gasteiger partial charge in [0.15, 0.2) is 11.6 Å². The van der Waals surface area contributed by atoms with Crippen LogP contribution in [0.25, 0.3) is 0 Å². The molecule has 26 heavy (non-hydrogen) atoms. The first kappa shape index (κ1) is 17.3. The summed E-state index contributed by atoms with van der Waals surface area (Å²) in [6.07, 6.45) is 1.51. The van der Waals surface area contributed by atoms with Gasteiger partial charge < -0.3 is 15.4 Å². The lowest BCUT2D eigenvalue weighted by Crippen LogP contribution is -2.02. The van der Waals surface area contributed by atoms with Crippen LogP contribution < -0.4 is 10.6 Å². The van der Waals surface area contributed by atoms with Gasteiger partial charge in [-0.15, -0.1) is 0 Å². The zero-order chi connectivity index (χ0) is 18.5. The zero-order valence-electron chi connectivity index (χ0n) is 13.7. The molecular formula is C18H14F2N4O2. The highest BCUT2D eigenvalue weighted by molar-refractivity contribution is 5.89. The Morgan fingerprint density at radius 3 is 2.38 bits per heavy atom. The molecule has 0 fully saturated rings. The number of carbonyl (C=O) groups excluding carboxylic acids is 1. The van der Waals surface area contributed by atoms with Gasteiger partial charge in [0.1, 0.15) is 5.82 Å². The SMILES string of the molecule is COC(=O)c1ccc(Nc2ccnc(Nc3ccc(F)c(F)c3)n2)cc1. The van der Waals surface area contributed by atoms with E-state index in [1.54, 1.807) is 30.3 Å². The summed E-state index contributed by atoms with van der Waals surface area (Å²) < 4.78 is 30.9. The first-order chi connectivity index (χ1) is 12.5. The monoisotopic (exact) mass is 356 g/mol. The van der Waals surface area contributed by atoms with Crippen molar-refractivity contribution in [3.63, 3.8) is 0 Å². The molecule has 0 aliphatic carbocycles. The lowest BCUT2D eigenvalue weighted by atomic mass is 10.2. The van der Waals surface area contributed by atoms with E-state index in [-0.39, 0.29) is 5.95 Å². The molecule has 132 valence electrons. The van der Waals surface area contributed by atoms with E-state index in [4.69, 9.17) is 0 Å². The standard InChI is InChI=1S/C18H14F2N4O2/c1-26-17(25)11-2-4-12(5-3-11)22-16-8-9-21-18(24-16)23-13-6-7-14(19)15(20)10-13/h2-10H,1H3,(H2,21,22,23,24). The van der Waals surface area contributed by atoms with Crippen molar-refractivity contribution in [3.05, 3.63) is 71.9 Å². The van der Waals surface area contributed by atoms with Gasteiger partial charge in [-0.25, -0.2) is 18.6 Å². The molecule has 0 atom stereocenters. The van der Waals surface area contributed by atoms with Crippen molar-refractivity contribution in [1.29, 1.82) is 0 Å². The van der Waals surface area contributed by atoms with Gasteiger partial charge in [-0.3, -0.25) is 0 Å². The largest absolute Gasteiger partial charge is 0.465 e. The highest BCUT2D eigenvalue weighted by Crippen LogP contribution is 2.19. The average Bonchev–Trinajstić information content (AvgIpc) is 2.65. The molecule has 3 aromatic rings. The maximum atomic E-state index is 13.3. The van der Waals surface area contributed by atoms with Crippen LogP contribution in [-0.4, -0.2) is 23.0 Å². The maximum absolute atomic E-state index is 13.3. The third kappa shape index (κ3) is 4.10. The van der Waals surface area contributed by atoms with Crippen LogP contribution in [0.3, 0.4) is 0 Å². The Kier molecular flexibility index (Phi) is 5.02. The fraction of sp³-hybridized carbons (Fsp3) is 0.0556. The van der Waals surface area contributed by atoms with Crippen LogP contribution in [0.5, 0.6) is 0 Å². The lowest BCUT2D eigenvalue weighted by Gasteiger charge is -2.09. The van der Waals surface area contributed by atoms with Crippen LogP contribution in [0.4, 0.5) is 31.9 Å². The Hall–Kier alpha value is -3.55. The summed E-state index contributed by atoms with van der Waals surface area (Å²) in [6.45, 7) is 0. The van der Waals surface area contributed by atoms with E-state index in [0.717, 1.165) is 12.1 Å². The number of nitrogens with one attached hydrogen (secondary N) is 2. The fourth-order valence-electron chi connectivity index (χ4n) is 2.15. The van der Waals surface area contributed by atoms with Gasteiger partial charge >= 0.3 is 5.97 Å². The summed E-state index contributed by atoms with van der Waals surface area (Å²) in [5, 5.41) is 5.86. The molecule has 8 heteroatoms. The average molecular weight is 356 g/mol. The number of ether oxygens (including phenoxy) is 1. The normalized spacial score (nSPS) is 10.3. The second kappa shape index (κ2) is 7.56. The van der Waals surface area contributed by atoms with E-state index in [1.807, 2.05) is 0 Å². The Bertz CT molecular complexity index is 933. The third-order valence-corrected chi connectivity index (χ3v) is 3.41. The number of nitrogens with zero attached hydrogens (tertiary/aromatic N) is 2. The van der Waals surface area contributed by atoms with Crippen molar-refractivity contribution in [2.45, 2.75) is 0 Å². The molecule has 3 rings (SSSR count). The molecule has 1 aromatic heterocycles. The molecule has 0 unspecified atom stereocenters. The maximum Gasteiger partial charge on any atom is 0.337 e. The number of hydrogen-bond donors (Lipinski definition) is 2. The number of aromatic nitrogens is 2. The van der Waals surface area contributed by atoms with Crippen molar-refractivity contribution < 1.29 is 18.3 Å².